The molecular weight excluding hydrogens is 224 g/mol. The van der Waals surface area contributed by atoms with Crippen LogP contribution in [0.3, 0.4) is 0 Å². The predicted octanol–water partition coefficient (Wildman–Crippen LogP) is 1.92. The van der Waals surface area contributed by atoms with Crippen LogP contribution in [0.25, 0.3) is 0 Å². The molecule has 6 heteroatoms. The fourth-order valence-electron chi connectivity index (χ4n) is 1.35. The Bertz CT molecular complexity index is 244. The number of carbonyl (C=O) groups excluding carboxylic acids is 1. The van der Waals surface area contributed by atoms with Crippen LogP contribution in [-0.2, 0) is 9.63 Å². The van der Waals surface area contributed by atoms with Gasteiger partial charge in [0.1, 0.15) is 6.10 Å². The van der Waals surface area contributed by atoms with Crippen molar-refractivity contribution in [1.82, 2.24) is 5.32 Å². The van der Waals surface area contributed by atoms with E-state index in [9.17, 15) is 14.9 Å². The van der Waals surface area contributed by atoms with Gasteiger partial charge in [0.15, 0.2) is 0 Å². The highest BCUT2D eigenvalue weighted by Gasteiger charge is 2.11. The Morgan fingerprint density at radius 3 is 2.59 bits per heavy atom. The van der Waals surface area contributed by atoms with E-state index in [0.29, 0.717) is 38.1 Å². The number of hydrogen-bond acceptors (Lipinski definition) is 4. The first-order chi connectivity index (χ1) is 7.95. The van der Waals surface area contributed by atoms with Gasteiger partial charge in [0.2, 0.25) is 5.91 Å². The summed E-state index contributed by atoms with van der Waals surface area (Å²) in [5.41, 5.74) is 0. The SMILES string of the molecule is CCC(CCCC(=O)NCC(C)C)O[N+](=O)[O-]. The Morgan fingerprint density at radius 1 is 1.47 bits per heavy atom. The van der Waals surface area contributed by atoms with Crippen molar-refractivity contribution in [3.05, 3.63) is 10.1 Å². The highest BCUT2D eigenvalue weighted by atomic mass is 17.0. The Kier molecular flexibility index (Phi) is 8.09. The van der Waals surface area contributed by atoms with E-state index in [4.69, 9.17) is 0 Å². The molecule has 6 nitrogen and oxygen atoms in total. The average Bonchev–Trinajstić information content (AvgIpc) is 2.24. The van der Waals surface area contributed by atoms with Gasteiger partial charge in [-0.1, -0.05) is 20.8 Å². The molecule has 0 bridgehead atoms. The molecule has 0 aromatic heterocycles. The summed E-state index contributed by atoms with van der Waals surface area (Å²) in [5, 5.41) is 12.2. The van der Waals surface area contributed by atoms with Crippen LogP contribution in [-0.4, -0.2) is 23.6 Å². The van der Waals surface area contributed by atoms with Crippen molar-refractivity contribution in [2.24, 2.45) is 5.92 Å². The number of hydrogen-bond donors (Lipinski definition) is 1. The largest absolute Gasteiger partial charge is 0.356 e. The molecule has 0 aromatic rings. The smallest absolute Gasteiger partial charge is 0.294 e. The lowest BCUT2D eigenvalue weighted by molar-refractivity contribution is -0.768. The third-order valence-corrected chi connectivity index (χ3v) is 2.33. The van der Waals surface area contributed by atoms with E-state index in [1.54, 1.807) is 0 Å². The lowest BCUT2D eigenvalue weighted by Gasteiger charge is -2.12. The first-order valence-corrected chi connectivity index (χ1v) is 6.03. The minimum atomic E-state index is -0.771. The Morgan fingerprint density at radius 2 is 2.12 bits per heavy atom. The normalized spacial score (nSPS) is 12.2. The molecule has 17 heavy (non-hydrogen) atoms. The molecule has 1 amide bonds. The van der Waals surface area contributed by atoms with Gasteiger partial charge in [-0.15, -0.1) is 10.1 Å². The molecule has 1 atom stereocenters. The monoisotopic (exact) mass is 246 g/mol. The fourth-order valence-corrected chi connectivity index (χ4v) is 1.35. The van der Waals surface area contributed by atoms with E-state index in [-0.39, 0.29) is 5.91 Å². The molecular formula is C11H22N2O4. The van der Waals surface area contributed by atoms with Crippen molar-refractivity contribution in [1.29, 1.82) is 0 Å². The summed E-state index contributed by atoms with van der Waals surface area (Å²) in [5.74, 6) is 0.426. The van der Waals surface area contributed by atoms with Crippen molar-refractivity contribution in [3.8, 4) is 0 Å². The lowest BCUT2D eigenvalue weighted by Crippen LogP contribution is -2.27. The van der Waals surface area contributed by atoms with Gasteiger partial charge in [0.25, 0.3) is 5.09 Å². The highest BCUT2D eigenvalue weighted by molar-refractivity contribution is 5.75. The third-order valence-electron chi connectivity index (χ3n) is 2.33. The zero-order chi connectivity index (χ0) is 13.3. The minimum absolute atomic E-state index is 0.00495. The van der Waals surface area contributed by atoms with Gasteiger partial charge in [0.05, 0.1) is 0 Å². The average molecular weight is 246 g/mol. The van der Waals surface area contributed by atoms with Crippen LogP contribution in [0.15, 0.2) is 0 Å². The maximum atomic E-state index is 11.4. The van der Waals surface area contributed by atoms with E-state index < -0.39 is 11.2 Å². The second-order valence-electron chi connectivity index (χ2n) is 4.45. The third kappa shape index (κ3) is 9.59. The van der Waals surface area contributed by atoms with Crippen molar-refractivity contribution >= 4 is 5.91 Å². The number of amides is 1. The van der Waals surface area contributed by atoms with Crippen LogP contribution in [0.4, 0.5) is 0 Å². The van der Waals surface area contributed by atoms with E-state index in [0.717, 1.165) is 0 Å². The Hall–Kier alpha value is -1.33. The summed E-state index contributed by atoms with van der Waals surface area (Å²) < 4.78 is 0. The summed E-state index contributed by atoms with van der Waals surface area (Å²) in [7, 11) is 0. The Labute approximate surface area is 102 Å². The maximum Gasteiger partial charge on any atom is 0.294 e. The first kappa shape index (κ1) is 15.7. The highest BCUT2D eigenvalue weighted by Crippen LogP contribution is 2.08. The quantitative estimate of drug-likeness (QED) is 0.497. The van der Waals surface area contributed by atoms with Gasteiger partial charge in [-0.2, -0.15) is 0 Å². The van der Waals surface area contributed by atoms with E-state index in [1.165, 1.54) is 0 Å². The summed E-state index contributed by atoms with van der Waals surface area (Å²) in [4.78, 5) is 26.0. The summed E-state index contributed by atoms with van der Waals surface area (Å²) in [6.45, 7) is 6.55. The molecule has 0 aromatic carbocycles. The van der Waals surface area contributed by atoms with Crippen LogP contribution < -0.4 is 5.32 Å². The molecule has 1 unspecified atom stereocenters. The van der Waals surface area contributed by atoms with E-state index >= 15 is 0 Å². The van der Waals surface area contributed by atoms with Gasteiger partial charge in [0, 0.05) is 13.0 Å². The van der Waals surface area contributed by atoms with Crippen LogP contribution in [0.1, 0.15) is 46.5 Å². The molecule has 0 saturated carbocycles. The van der Waals surface area contributed by atoms with Crippen molar-refractivity contribution in [3.63, 3.8) is 0 Å². The first-order valence-electron chi connectivity index (χ1n) is 6.03. The number of nitrogens with zero attached hydrogens (tertiary/aromatic N) is 1. The summed E-state index contributed by atoms with van der Waals surface area (Å²) >= 11 is 0. The van der Waals surface area contributed by atoms with Gasteiger partial charge in [-0.3, -0.25) is 4.79 Å². The minimum Gasteiger partial charge on any atom is -0.356 e. The van der Waals surface area contributed by atoms with Crippen molar-refractivity contribution in [2.45, 2.75) is 52.6 Å². The van der Waals surface area contributed by atoms with E-state index in [2.05, 4.69) is 10.2 Å². The van der Waals surface area contributed by atoms with Crippen LogP contribution in [0, 0.1) is 16.0 Å². The van der Waals surface area contributed by atoms with E-state index in [1.807, 2.05) is 20.8 Å². The molecule has 0 aliphatic rings. The lowest BCUT2D eigenvalue weighted by atomic mass is 10.1. The second-order valence-corrected chi connectivity index (χ2v) is 4.45. The molecule has 0 fully saturated rings. The standard InChI is InChI=1S/C11H22N2O4/c1-4-10(17-13(15)16)6-5-7-11(14)12-8-9(2)3/h9-10H,4-8H2,1-3H3,(H,12,14). The van der Waals surface area contributed by atoms with Gasteiger partial charge in [-0.05, 0) is 25.2 Å². The molecule has 0 aliphatic heterocycles. The summed E-state index contributed by atoms with van der Waals surface area (Å²) in [6.07, 6.45) is 1.71. The Balaban J connectivity index is 3.66. The second kappa shape index (κ2) is 8.78. The van der Waals surface area contributed by atoms with Gasteiger partial charge < -0.3 is 10.2 Å². The maximum absolute atomic E-state index is 11.4. The van der Waals surface area contributed by atoms with Gasteiger partial charge in [-0.25, -0.2) is 0 Å². The fraction of sp³-hybridized carbons (Fsp3) is 0.909. The molecule has 0 spiro atoms. The molecule has 1 N–H and O–H groups in total. The molecule has 0 radical (unpaired) electrons. The van der Waals surface area contributed by atoms with Crippen molar-refractivity contribution in [2.75, 3.05) is 6.54 Å². The molecule has 0 aliphatic carbocycles. The summed E-state index contributed by atoms with van der Waals surface area (Å²) in [6, 6.07) is 0. The zero-order valence-corrected chi connectivity index (χ0v) is 10.8. The number of rotatable bonds is 9. The molecule has 0 heterocycles. The molecule has 100 valence electrons. The van der Waals surface area contributed by atoms with Crippen LogP contribution >= 0.6 is 0 Å². The number of carbonyl (C=O) groups is 1. The zero-order valence-electron chi connectivity index (χ0n) is 10.8. The van der Waals surface area contributed by atoms with Gasteiger partial charge >= 0.3 is 0 Å². The molecule has 0 saturated heterocycles. The predicted molar refractivity (Wildman–Crippen MR) is 63.9 cm³/mol. The number of nitrogens with one attached hydrogen (secondary N) is 1. The van der Waals surface area contributed by atoms with Crippen LogP contribution in [0.5, 0.6) is 0 Å². The molecule has 0 rings (SSSR count). The van der Waals surface area contributed by atoms with Crippen LogP contribution in [0.2, 0.25) is 0 Å². The van der Waals surface area contributed by atoms with Crippen molar-refractivity contribution < 1.29 is 14.7 Å². The topological polar surface area (TPSA) is 81.5 Å².